The fourth-order valence-electron chi connectivity index (χ4n) is 1.52. The summed E-state index contributed by atoms with van der Waals surface area (Å²) in [5.74, 6) is 0.338. The smallest absolute Gasteiger partial charge is 0.0738 e. The standard InChI is InChI=1S/C12H16N2/c1-3-9(2)12(8-13)10-5-4-6-11(14)7-10/h4-7,9,12H,3,14H2,1-2H3. The molecule has 0 radical (unpaired) electrons. The van der Waals surface area contributed by atoms with Crippen molar-refractivity contribution in [2.45, 2.75) is 26.2 Å². The molecule has 14 heavy (non-hydrogen) atoms. The Bertz CT molecular complexity index is 338. The first kappa shape index (κ1) is 10.6. The molecule has 74 valence electrons. The molecule has 2 N–H and O–H groups in total. The number of anilines is 1. The first-order valence-corrected chi connectivity index (χ1v) is 4.94. The molecule has 2 unspecified atom stereocenters. The Hall–Kier alpha value is -1.49. The monoisotopic (exact) mass is 188 g/mol. The lowest BCUT2D eigenvalue weighted by Gasteiger charge is -2.16. The highest BCUT2D eigenvalue weighted by Gasteiger charge is 2.16. The summed E-state index contributed by atoms with van der Waals surface area (Å²) in [6.45, 7) is 4.19. The van der Waals surface area contributed by atoms with Crippen LogP contribution in [0, 0.1) is 17.2 Å². The second-order valence-electron chi connectivity index (χ2n) is 3.66. The molecule has 1 aromatic rings. The van der Waals surface area contributed by atoms with Crippen LogP contribution in [0.4, 0.5) is 5.69 Å². The summed E-state index contributed by atoms with van der Waals surface area (Å²) in [5.41, 5.74) is 7.44. The summed E-state index contributed by atoms with van der Waals surface area (Å²) in [5, 5.41) is 9.08. The molecule has 0 spiro atoms. The zero-order chi connectivity index (χ0) is 10.6. The van der Waals surface area contributed by atoms with E-state index < -0.39 is 0 Å². The van der Waals surface area contributed by atoms with E-state index in [-0.39, 0.29) is 5.92 Å². The first-order valence-electron chi connectivity index (χ1n) is 4.94. The molecule has 0 amide bonds. The highest BCUT2D eigenvalue weighted by molar-refractivity contribution is 5.43. The van der Waals surface area contributed by atoms with E-state index in [2.05, 4.69) is 19.9 Å². The first-order chi connectivity index (χ1) is 6.69. The van der Waals surface area contributed by atoms with E-state index in [1.807, 2.05) is 24.3 Å². The maximum absolute atomic E-state index is 9.08. The Kier molecular flexibility index (Phi) is 3.53. The predicted molar refractivity (Wildman–Crippen MR) is 58.7 cm³/mol. The maximum atomic E-state index is 9.08. The molecule has 0 heterocycles. The van der Waals surface area contributed by atoms with E-state index in [9.17, 15) is 0 Å². The molecule has 0 aliphatic carbocycles. The lowest BCUT2D eigenvalue weighted by Crippen LogP contribution is -2.07. The van der Waals surface area contributed by atoms with Crippen LogP contribution >= 0.6 is 0 Å². The van der Waals surface area contributed by atoms with Crippen LogP contribution in [0.25, 0.3) is 0 Å². The quantitative estimate of drug-likeness (QED) is 0.741. The molecule has 0 aliphatic heterocycles. The second kappa shape index (κ2) is 4.66. The maximum Gasteiger partial charge on any atom is 0.0738 e. The van der Waals surface area contributed by atoms with Crippen molar-refractivity contribution < 1.29 is 0 Å². The van der Waals surface area contributed by atoms with Crippen LogP contribution in [0.2, 0.25) is 0 Å². The van der Waals surface area contributed by atoms with Crippen LogP contribution in [0.1, 0.15) is 31.7 Å². The number of nitrogens with two attached hydrogens (primary N) is 1. The van der Waals surface area contributed by atoms with Gasteiger partial charge in [-0.1, -0.05) is 32.4 Å². The van der Waals surface area contributed by atoms with Gasteiger partial charge in [-0.3, -0.25) is 0 Å². The van der Waals surface area contributed by atoms with Gasteiger partial charge < -0.3 is 5.73 Å². The minimum absolute atomic E-state index is 0.0384. The SMILES string of the molecule is CCC(C)C(C#N)c1cccc(N)c1. The number of nitriles is 1. The number of hydrogen-bond donors (Lipinski definition) is 1. The average Bonchev–Trinajstić information content (AvgIpc) is 2.19. The lowest BCUT2D eigenvalue weighted by atomic mass is 9.87. The number of rotatable bonds is 3. The van der Waals surface area contributed by atoms with Crippen LogP contribution in [-0.4, -0.2) is 0 Å². The average molecular weight is 188 g/mol. The summed E-state index contributed by atoms with van der Waals surface area (Å²) in [6, 6.07) is 9.94. The second-order valence-corrected chi connectivity index (χ2v) is 3.66. The normalized spacial score (nSPS) is 14.4. The third kappa shape index (κ3) is 2.26. The molecule has 1 aromatic carbocycles. The molecular weight excluding hydrogens is 172 g/mol. The summed E-state index contributed by atoms with van der Waals surface area (Å²) < 4.78 is 0. The van der Waals surface area contributed by atoms with Gasteiger partial charge in [-0.25, -0.2) is 0 Å². The van der Waals surface area contributed by atoms with E-state index in [4.69, 9.17) is 11.0 Å². The van der Waals surface area contributed by atoms with E-state index in [1.54, 1.807) is 0 Å². The summed E-state index contributed by atoms with van der Waals surface area (Å²) in [6.07, 6.45) is 1.01. The van der Waals surface area contributed by atoms with Crippen molar-refractivity contribution >= 4 is 5.69 Å². The third-order valence-electron chi connectivity index (χ3n) is 2.62. The third-order valence-corrected chi connectivity index (χ3v) is 2.62. The Morgan fingerprint density at radius 1 is 1.50 bits per heavy atom. The van der Waals surface area contributed by atoms with Crippen molar-refractivity contribution in [1.29, 1.82) is 5.26 Å². The number of benzene rings is 1. The molecule has 1 rings (SSSR count). The van der Waals surface area contributed by atoms with Gasteiger partial charge in [0.1, 0.15) is 0 Å². The molecule has 0 bridgehead atoms. The zero-order valence-electron chi connectivity index (χ0n) is 8.70. The topological polar surface area (TPSA) is 49.8 Å². The van der Waals surface area contributed by atoms with Gasteiger partial charge in [-0.2, -0.15) is 5.26 Å². The Morgan fingerprint density at radius 2 is 2.21 bits per heavy atom. The van der Waals surface area contributed by atoms with Crippen molar-refractivity contribution in [3.8, 4) is 6.07 Å². The van der Waals surface area contributed by atoms with Gasteiger partial charge in [0.2, 0.25) is 0 Å². The molecule has 0 saturated heterocycles. The predicted octanol–water partition coefficient (Wildman–Crippen LogP) is 2.92. The minimum Gasteiger partial charge on any atom is -0.399 e. The van der Waals surface area contributed by atoms with Crippen molar-refractivity contribution in [2.24, 2.45) is 5.92 Å². The lowest BCUT2D eigenvalue weighted by molar-refractivity contribution is 0.514. The molecule has 2 atom stereocenters. The molecule has 0 saturated carbocycles. The summed E-state index contributed by atoms with van der Waals surface area (Å²) >= 11 is 0. The highest BCUT2D eigenvalue weighted by atomic mass is 14.5. The van der Waals surface area contributed by atoms with Crippen molar-refractivity contribution in [3.63, 3.8) is 0 Å². The van der Waals surface area contributed by atoms with Gasteiger partial charge in [-0.05, 0) is 23.6 Å². The number of nitrogens with zero attached hydrogens (tertiary/aromatic N) is 1. The Balaban J connectivity index is 2.96. The van der Waals surface area contributed by atoms with Crippen molar-refractivity contribution in [1.82, 2.24) is 0 Å². The highest BCUT2D eigenvalue weighted by Crippen LogP contribution is 2.27. The van der Waals surface area contributed by atoms with Crippen LogP contribution in [-0.2, 0) is 0 Å². The van der Waals surface area contributed by atoms with Gasteiger partial charge in [0, 0.05) is 5.69 Å². The number of hydrogen-bond acceptors (Lipinski definition) is 2. The molecule has 2 nitrogen and oxygen atoms in total. The number of nitrogen functional groups attached to an aromatic ring is 1. The van der Waals surface area contributed by atoms with Crippen molar-refractivity contribution in [2.75, 3.05) is 5.73 Å². The van der Waals surface area contributed by atoms with Crippen LogP contribution in [0.3, 0.4) is 0 Å². The molecule has 0 aliphatic rings. The molecule has 2 heteroatoms. The molecule has 0 fully saturated rings. The van der Waals surface area contributed by atoms with Gasteiger partial charge in [0.15, 0.2) is 0 Å². The van der Waals surface area contributed by atoms with Crippen molar-refractivity contribution in [3.05, 3.63) is 29.8 Å². The summed E-state index contributed by atoms with van der Waals surface area (Å²) in [4.78, 5) is 0. The van der Waals surface area contributed by atoms with Crippen LogP contribution < -0.4 is 5.73 Å². The fourth-order valence-corrected chi connectivity index (χ4v) is 1.52. The zero-order valence-corrected chi connectivity index (χ0v) is 8.70. The Morgan fingerprint density at radius 3 is 2.71 bits per heavy atom. The van der Waals surface area contributed by atoms with Gasteiger partial charge in [0.05, 0.1) is 12.0 Å². The van der Waals surface area contributed by atoms with Crippen LogP contribution in [0.15, 0.2) is 24.3 Å². The van der Waals surface area contributed by atoms with Gasteiger partial charge in [0.25, 0.3) is 0 Å². The van der Waals surface area contributed by atoms with E-state index in [0.717, 1.165) is 17.7 Å². The fraction of sp³-hybridized carbons (Fsp3) is 0.417. The molecular formula is C12H16N2. The van der Waals surface area contributed by atoms with Gasteiger partial charge in [-0.15, -0.1) is 0 Å². The summed E-state index contributed by atoms with van der Waals surface area (Å²) in [7, 11) is 0. The van der Waals surface area contributed by atoms with E-state index in [1.165, 1.54) is 0 Å². The van der Waals surface area contributed by atoms with Crippen LogP contribution in [0.5, 0.6) is 0 Å². The van der Waals surface area contributed by atoms with E-state index >= 15 is 0 Å². The van der Waals surface area contributed by atoms with E-state index in [0.29, 0.717) is 5.92 Å². The largest absolute Gasteiger partial charge is 0.399 e. The van der Waals surface area contributed by atoms with Gasteiger partial charge >= 0.3 is 0 Å². The molecule has 0 aromatic heterocycles. The Labute approximate surface area is 85.4 Å². The minimum atomic E-state index is -0.0384.